The molecule has 0 bridgehead atoms. The quantitative estimate of drug-likeness (QED) is 0.244. The van der Waals surface area contributed by atoms with Gasteiger partial charge in [-0.3, -0.25) is 0 Å². The van der Waals surface area contributed by atoms with Crippen LogP contribution < -0.4 is 32.6 Å². The van der Waals surface area contributed by atoms with E-state index in [1.165, 1.54) is 15.4 Å². The van der Waals surface area contributed by atoms with Crippen molar-refractivity contribution in [1.82, 2.24) is 47.9 Å². The van der Waals surface area contributed by atoms with Crippen LogP contribution in [-0.4, -0.2) is 40.5 Å². The van der Waals surface area contributed by atoms with E-state index in [1.807, 2.05) is 0 Å². The van der Waals surface area contributed by atoms with Crippen molar-refractivity contribution in [3.8, 4) is 0 Å². The van der Waals surface area contributed by atoms with Gasteiger partial charge in [-0.15, -0.1) is 15.4 Å². The van der Waals surface area contributed by atoms with E-state index in [9.17, 15) is 0 Å². The molecule has 0 aromatic heterocycles. The molecule has 0 radical (unpaired) electrons. The van der Waals surface area contributed by atoms with Crippen molar-refractivity contribution >= 4 is 0 Å². The largest absolute Gasteiger partial charge is 0.207 e. The minimum atomic E-state index is -0.702. The molecule has 104 valence electrons. The number of hydrogen-bond acceptors (Lipinski definition) is 15. The Balaban J connectivity index is 1.85. The van der Waals surface area contributed by atoms with E-state index in [2.05, 4.69) is 47.9 Å². The first kappa shape index (κ1) is 12.5. The molecule has 9 N–H and O–H groups in total. The van der Waals surface area contributed by atoms with Gasteiger partial charge in [0.2, 0.25) is 18.9 Å². The Morgan fingerprint density at radius 3 is 1.05 bits per heavy atom. The lowest BCUT2D eigenvalue weighted by molar-refractivity contribution is -0.307. The molecule has 3 aliphatic heterocycles. The van der Waals surface area contributed by atoms with Crippen LogP contribution in [0.15, 0.2) is 15.3 Å². The highest BCUT2D eigenvalue weighted by molar-refractivity contribution is 4.79. The van der Waals surface area contributed by atoms with Crippen molar-refractivity contribution in [2.75, 3.05) is 0 Å². The van der Waals surface area contributed by atoms with E-state index < -0.39 is 25.2 Å². The fraction of sp³-hybridized carbons (Fsp3) is 1.00. The van der Waals surface area contributed by atoms with E-state index in [0.717, 1.165) is 0 Å². The average Bonchev–Trinajstić information content (AvgIpc) is 2.46. The predicted octanol–water partition coefficient (Wildman–Crippen LogP) is -2.81. The third-order valence-corrected chi connectivity index (χ3v) is 2.65. The zero-order valence-electron chi connectivity index (χ0n) is 9.49. The molecule has 0 unspecified atom stereocenters. The van der Waals surface area contributed by atoms with Crippen molar-refractivity contribution in [3.05, 3.63) is 0 Å². The summed E-state index contributed by atoms with van der Waals surface area (Å²) in [5, 5.41) is 14.6. The molecule has 19 heavy (non-hydrogen) atoms. The van der Waals surface area contributed by atoms with Gasteiger partial charge < -0.3 is 0 Å². The minimum Gasteiger partial charge on any atom is -0.207 e. The van der Waals surface area contributed by atoms with Crippen molar-refractivity contribution < 1.29 is 0 Å². The third kappa shape index (κ3) is 2.10. The number of hydrogen-bond donors (Lipinski definition) is 9. The summed E-state index contributed by atoms with van der Waals surface area (Å²) in [6, 6.07) is 0. The van der Waals surface area contributed by atoms with Gasteiger partial charge in [-0.25, -0.2) is 16.6 Å². The van der Waals surface area contributed by atoms with Gasteiger partial charge in [-0.1, -0.05) is 0 Å². The Morgan fingerprint density at radius 1 is 0.579 bits per heavy atom. The molecule has 3 rings (SSSR count). The molecule has 0 spiro atoms. The smallest absolute Gasteiger partial charge is 0.201 e. The summed E-state index contributed by atoms with van der Waals surface area (Å²) in [6.45, 7) is 0. The Morgan fingerprint density at radius 2 is 0.842 bits per heavy atom. The van der Waals surface area contributed by atoms with Gasteiger partial charge in [0.05, 0.1) is 0 Å². The molecular formula is C4H13N15. The lowest BCUT2D eigenvalue weighted by Crippen LogP contribution is -2.91. The van der Waals surface area contributed by atoms with E-state index >= 15 is 0 Å². The summed E-state index contributed by atoms with van der Waals surface area (Å²) in [7, 11) is 0. The first-order valence-corrected chi connectivity index (χ1v) is 5.29. The highest BCUT2D eigenvalue weighted by Gasteiger charge is 2.47. The zero-order valence-corrected chi connectivity index (χ0v) is 9.49. The topological polar surface area (TPSA) is 191 Å². The SMILES string of the molecule is N=NC1NN2NC(N=N)NN3NC(N=N)NN(N1)C23. The van der Waals surface area contributed by atoms with Crippen LogP contribution in [0.25, 0.3) is 0 Å². The second kappa shape index (κ2) is 4.85. The van der Waals surface area contributed by atoms with Gasteiger partial charge in [-0.05, 0) is 0 Å². The highest BCUT2D eigenvalue weighted by Crippen LogP contribution is 2.15. The van der Waals surface area contributed by atoms with Gasteiger partial charge in [0.25, 0.3) is 0 Å². The molecule has 0 aromatic rings. The summed E-state index contributed by atoms with van der Waals surface area (Å²) in [5.41, 5.74) is 38.3. The summed E-state index contributed by atoms with van der Waals surface area (Å²) in [4.78, 5) is 0. The van der Waals surface area contributed by atoms with Gasteiger partial charge in [-0.2, -0.15) is 47.9 Å². The lowest BCUT2D eigenvalue weighted by Gasteiger charge is -2.56. The fourth-order valence-electron chi connectivity index (χ4n) is 1.91. The summed E-state index contributed by atoms with van der Waals surface area (Å²) in [6.07, 6.45) is -2.56. The Bertz CT molecular complexity index is 305. The van der Waals surface area contributed by atoms with E-state index in [4.69, 9.17) is 16.6 Å². The maximum atomic E-state index is 7.05. The maximum Gasteiger partial charge on any atom is 0.201 e. The predicted molar refractivity (Wildman–Crippen MR) is 54.9 cm³/mol. The van der Waals surface area contributed by atoms with Crippen LogP contribution in [-0.2, 0) is 0 Å². The Kier molecular flexibility index (Phi) is 3.18. The highest BCUT2D eigenvalue weighted by atomic mass is 16.1. The molecule has 3 fully saturated rings. The average molecular weight is 271 g/mol. The number of nitrogens with one attached hydrogen (secondary N) is 9. The molecule has 0 atom stereocenters. The minimum absolute atomic E-state index is 0.450. The van der Waals surface area contributed by atoms with Crippen LogP contribution >= 0.6 is 0 Å². The molecule has 0 aromatic carbocycles. The van der Waals surface area contributed by atoms with Gasteiger partial charge in [0.1, 0.15) is 0 Å². The van der Waals surface area contributed by atoms with Crippen LogP contribution in [0, 0.1) is 16.6 Å². The molecule has 15 nitrogen and oxygen atoms in total. The first-order chi connectivity index (χ1) is 9.25. The monoisotopic (exact) mass is 271 g/mol. The summed E-state index contributed by atoms with van der Waals surface area (Å²) >= 11 is 0. The van der Waals surface area contributed by atoms with Crippen LogP contribution in [0.3, 0.4) is 0 Å². The van der Waals surface area contributed by atoms with Crippen LogP contribution in [0.2, 0.25) is 0 Å². The van der Waals surface area contributed by atoms with E-state index in [-0.39, 0.29) is 0 Å². The molecule has 0 saturated carbocycles. The zero-order chi connectivity index (χ0) is 13.4. The lowest BCUT2D eigenvalue weighted by atomic mass is 10.6. The van der Waals surface area contributed by atoms with Crippen molar-refractivity contribution in [2.45, 2.75) is 25.2 Å². The van der Waals surface area contributed by atoms with Gasteiger partial charge in [0, 0.05) is 0 Å². The van der Waals surface area contributed by atoms with E-state index in [1.54, 1.807) is 0 Å². The third-order valence-electron chi connectivity index (χ3n) is 2.65. The number of rotatable bonds is 3. The van der Waals surface area contributed by atoms with Crippen LogP contribution in [0.1, 0.15) is 0 Å². The number of nitrogens with zero attached hydrogens (tertiary/aromatic N) is 6. The summed E-state index contributed by atoms with van der Waals surface area (Å²) < 4.78 is 0. The Hall–Kier alpha value is -1.56. The molecule has 0 amide bonds. The first-order valence-electron chi connectivity index (χ1n) is 5.29. The van der Waals surface area contributed by atoms with Crippen molar-refractivity contribution in [3.63, 3.8) is 0 Å². The second-order valence-electron chi connectivity index (χ2n) is 3.83. The fourth-order valence-corrected chi connectivity index (χ4v) is 1.91. The van der Waals surface area contributed by atoms with Gasteiger partial charge in [0.15, 0.2) is 6.29 Å². The van der Waals surface area contributed by atoms with Gasteiger partial charge >= 0.3 is 0 Å². The molecular weight excluding hydrogens is 258 g/mol. The van der Waals surface area contributed by atoms with Crippen LogP contribution in [0.5, 0.6) is 0 Å². The Labute approximate surface area is 106 Å². The molecule has 3 heterocycles. The number of hydrazine groups is 6. The molecule has 0 aliphatic carbocycles. The standard InChI is InChI=1S/C4H13N15/c5-8-1-11-17-4-18(12-1)14-3(10-7)16-19(4)15-2(9-6)13-17/h1-7,11-16H. The molecule has 15 heteroatoms. The molecule has 3 aliphatic rings. The summed E-state index contributed by atoms with van der Waals surface area (Å²) in [5.74, 6) is 0. The maximum absolute atomic E-state index is 7.05. The second-order valence-corrected chi connectivity index (χ2v) is 3.83. The van der Waals surface area contributed by atoms with Crippen molar-refractivity contribution in [1.29, 1.82) is 16.6 Å². The van der Waals surface area contributed by atoms with Crippen molar-refractivity contribution in [2.24, 2.45) is 15.3 Å². The molecule has 3 saturated heterocycles. The van der Waals surface area contributed by atoms with E-state index in [0.29, 0.717) is 0 Å². The normalized spacial score (nSPS) is 40.4. The van der Waals surface area contributed by atoms with Crippen LogP contribution in [0.4, 0.5) is 0 Å².